The van der Waals surface area contributed by atoms with E-state index < -0.39 is 71.1 Å². The number of halogens is 2. The number of benzene rings is 2. The van der Waals surface area contributed by atoms with Gasteiger partial charge in [-0.2, -0.15) is 0 Å². The summed E-state index contributed by atoms with van der Waals surface area (Å²) in [5.41, 5.74) is -0.326. The molecule has 0 spiro atoms. The summed E-state index contributed by atoms with van der Waals surface area (Å²) >= 11 is 0. The van der Waals surface area contributed by atoms with Gasteiger partial charge in [0.2, 0.25) is 24.1 Å². The number of hydrogen-bond acceptors (Lipinski definition) is 9. The Hall–Kier alpha value is -5.15. The Balaban J connectivity index is 1.45. The summed E-state index contributed by atoms with van der Waals surface area (Å²) < 4.78 is 37.3. The summed E-state index contributed by atoms with van der Waals surface area (Å²) in [5.74, 6) is -3.09. The molecule has 1 aliphatic carbocycles. The van der Waals surface area contributed by atoms with Crippen molar-refractivity contribution in [1.82, 2.24) is 20.9 Å². The predicted molar refractivity (Wildman–Crippen MR) is 179 cm³/mol. The molecule has 1 aliphatic heterocycles. The lowest BCUT2D eigenvalue weighted by atomic mass is 9.85. The third kappa shape index (κ3) is 9.15. The molecule has 1 saturated carbocycles. The maximum atomic E-state index is 14.1. The van der Waals surface area contributed by atoms with Gasteiger partial charge in [0.25, 0.3) is 5.69 Å². The third-order valence-corrected chi connectivity index (χ3v) is 9.53. The topological polar surface area (TPSA) is 186 Å². The molecule has 4 amide bonds. The second kappa shape index (κ2) is 15.4. The second-order valence-electron chi connectivity index (χ2n) is 14.4. The van der Waals surface area contributed by atoms with E-state index in [1.54, 1.807) is 45.0 Å². The Morgan fingerprint density at radius 3 is 2.20 bits per heavy atom. The summed E-state index contributed by atoms with van der Waals surface area (Å²) in [4.78, 5) is 77.3. The number of esters is 1. The van der Waals surface area contributed by atoms with Crippen molar-refractivity contribution < 1.29 is 47.2 Å². The fourth-order valence-electron chi connectivity index (χ4n) is 6.56. The summed E-state index contributed by atoms with van der Waals surface area (Å²) in [6, 6.07) is 7.36. The standard InChI is InChI=1S/C35H43F2N5O9/c1-34(2,3)28(40-33(47)51-22-13-11-21(12-14-22)42(48)49)31(45)41-18-23-26(35(23,4)5)27(41)30(44)39-24(17-25(36)37)29(43)38-16-15-19-7-9-20(10-8-19)32(46)50-6/h7-14,23-28H,15-18H2,1-6H3,(H,38,43)(H,39,44)(H,40,47)/t23?,24-,26?,27-,28+/m0/s1. The van der Waals surface area contributed by atoms with Crippen molar-refractivity contribution >= 4 is 35.5 Å². The number of nitrogens with one attached hydrogen (secondary N) is 3. The number of non-ortho nitro benzene ring substituents is 1. The van der Waals surface area contributed by atoms with Gasteiger partial charge >= 0.3 is 12.1 Å². The van der Waals surface area contributed by atoms with Crippen molar-refractivity contribution in [2.24, 2.45) is 22.7 Å². The molecule has 14 nitrogen and oxygen atoms in total. The summed E-state index contributed by atoms with van der Waals surface area (Å²) in [7, 11) is 1.26. The van der Waals surface area contributed by atoms with Crippen LogP contribution in [-0.2, 0) is 25.5 Å². The molecule has 2 aromatic carbocycles. The molecule has 2 unspecified atom stereocenters. The average molecular weight is 716 g/mol. The van der Waals surface area contributed by atoms with Gasteiger partial charge in [0.15, 0.2) is 0 Å². The first-order valence-corrected chi connectivity index (χ1v) is 16.4. The van der Waals surface area contributed by atoms with Crippen LogP contribution in [0.5, 0.6) is 5.75 Å². The van der Waals surface area contributed by atoms with Gasteiger partial charge in [0.1, 0.15) is 23.9 Å². The minimum absolute atomic E-state index is 0.000511. The molecule has 1 heterocycles. The van der Waals surface area contributed by atoms with Crippen LogP contribution in [0.25, 0.3) is 0 Å². The number of nitro groups is 1. The number of hydrogen-bond donors (Lipinski definition) is 3. The Morgan fingerprint density at radius 1 is 1.02 bits per heavy atom. The number of fused-ring (bicyclic) bond motifs is 1. The maximum absolute atomic E-state index is 14.1. The zero-order valence-electron chi connectivity index (χ0n) is 29.2. The van der Waals surface area contributed by atoms with Gasteiger partial charge in [0.05, 0.1) is 17.6 Å². The molecule has 0 aromatic heterocycles. The molecule has 2 aromatic rings. The minimum Gasteiger partial charge on any atom is -0.465 e. The molecule has 3 N–H and O–H groups in total. The fraction of sp³-hybridized carbons (Fsp3) is 0.514. The SMILES string of the molecule is COC(=O)c1ccc(CCNC(=O)[C@H](CC(F)F)NC(=O)[C@@H]2C3C(CN2C(=O)[C@@H](NC(=O)Oc2ccc([N+](=O)[O-])cc2)C(C)(C)C)C3(C)C)cc1. The zero-order chi connectivity index (χ0) is 37.8. The normalized spacial score (nSPS) is 20.0. The van der Waals surface area contributed by atoms with E-state index in [1.165, 1.54) is 24.1 Å². The van der Waals surface area contributed by atoms with Gasteiger partial charge in [-0.15, -0.1) is 0 Å². The minimum atomic E-state index is -2.92. The van der Waals surface area contributed by atoms with E-state index >= 15 is 0 Å². The quantitative estimate of drug-likeness (QED) is 0.157. The molecule has 276 valence electrons. The smallest absolute Gasteiger partial charge is 0.413 e. The Bertz CT molecular complexity index is 1640. The highest BCUT2D eigenvalue weighted by Crippen LogP contribution is 2.65. The summed E-state index contributed by atoms with van der Waals surface area (Å²) in [6.45, 7) is 9.21. The van der Waals surface area contributed by atoms with Gasteiger partial charge < -0.3 is 30.3 Å². The van der Waals surface area contributed by atoms with Crippen LogP contribution < -0.4 is 20.7 Å². The van der Waals surface area contributed by atoms with E-state index in [-0.39, 0.29) is 41.8 Å². The van der Waals surface area contributed by atoms with Crippen LogP contribution in [0.1, 0.15) is 57.0 Å². The number of rotatable bonds is 13. The van der Waals surface area contributed by atoms with E-state index in [1.807, 2.05) is 13.8 Å². The molecule has 2 aliphatic rings. The summed E-state index contributed by atoms with van der Waals surface area (Å²) in [5, 5.41) is 18.6. The fourth-order valence-corrected chi connectivity index (χ4v) is 6.56. The van der Waals surface area contributed by atoms with Crippen molar-refractivity contribution in [1.29, 1.82) is 0 Å². The second-order valence-corrected chi connectivity index (χ2v) is 14.4. The number of piperidine rings is 1. The number of nitro benzene ring substituents is 1. The van der Waals surface area contributed by atoms with Crippen LogP contribution in [0.15, 0.2) is 48.5 Å². The van der Waals surface area contributed by atoms with E-state index in [9.17, 15) is 42.9 Å². The predicted octanol–water partition coefficient (Wildman–Crippen LogP) is 3.87. The molecular weight excluding hydrogens is 672 g/mol. The van der Waals surface area contributed by atoms with E-state index in [0.717, 1.165) is 17.7 Å². The number of amides is 4. The van der Waals surface area contributed by atoms with Gasteiger partial charge in [0, 0.05) is 31.6 Å². The number of nitrogens with zero attached hydrogens (tertiary/aromatic N) is 2. The number of likely N-dealkylation sites (tertiary alicyclic amines) is 1. The Labute approximate surface area is 293 Å². The Kier molecular flexibility index (Phi) is 11.7. The van der Waals surface area contributed by atoms with E-state index in [2.05, 4.69) is 20.7 Å². The highest BCUT2D eigenvalue weighted by Gasteiger charge is 2.70. The lowest BCUT2D eigenvalue weighted by Crippen LogP contribution is -2.61. The first kappa shape index (κ1) is 38.6. The molecule has 0 radical (unpaired) electrons. The molecule has 5 atom stereocenters. The first-order valence-electron chi connectivity index (χ1n) is 16.4. The van der Waals surface area contributed by atoms with Crippen molar-refractivity contribution in [3.63, 3.8) is 0 Å². The van der Waals surface area contributed by atoms with Crippen LogP contribution in [-0.4, -0.2) is 84.4 Å². The number of carbonyl (C=O) groups excluding carboxylic acids is 5. The summed E-state index contributed by atoms with van der Waals surface area (Å²) in [6.07, 6.45) is -4.56. The first-order chi connectivity index (χ1) is 23.8. The molecular formula is C35H43F2N5O9. The molecule has 1 saturated heterocycles. The number of methoxy groups -OCH3 is 1. The van der Waals surface area contributed by atoms with Crippen molar-refractivity contribution in [3.8, 4) is 5.75 Å². The molecule has 4 rings (SSSR count). The molecule has 16 heteroatoms. The maximum Gasteiger partial charge on any atom is 0.413 e. The van der Waals surface area contributed by atoms with Crippen molar-refractivity contribution in [3.05, 3.63) is 69.8 Å². The van der Waals surface area contributed by atoms with Gasteiger partial charge in [-0.3, -0.25) is 24.5 Å². The molecule has 0 bridgehead atoms. The number of carbonyl (C=O) groups is 5. The molecule has 2 fully saturated rings. The highest BCUT2D eigenvalue weighted by molar-refractivity contribution is 5.95. The average Bonchev–Trinajstić information content (AvgIpc) is 3.37. The lowest BCUT2D eigenvalue weighted by molar-refractivity contribution is -0.384. The van der Waals surface area contributed by atoms with Crippen LogP contribution in [0.3, 0.4) is 0 Å². The zero-order valence-corrected chi connectivity index (χ0v) is 29.2. The number of alkyl halides is 2. The largest absolute Gasteiger partial charge is 0.465 e. The van der Waals surface area contributed by atoms with Crippen molar-refractivity contribution in [2.45, 2.75) is 72.0 Å². The monoisotopic (exact) mass is 715 g/mol. The van der Waals surface area contributed by atoms with Gasteiger partial charge in [-0.25, -0.2) is 18.4 Å². The third-order valence-electron chi connectivity index (χ3n) is 9.53. The van der Waals surface area contributed by atoms with E-state index in [4.69, 9.17) is 4.74 Å². The molecule has 51 heavy (non-hydrogen) atoms. The van der Waals surface area contributed by atoms with Crippen LogP contribution in [0.2, 0.25) is 0 Å². The Morgan fingerprint density at radius 2 is 1.65 bits per heavy atom. The van der Waals surface area contributed by atoms with Gasteiger partial charge in [-0.1, -0.05) is 46.8 Å². The van der Waals surface area contributed by atoms with Crippen LogP contribution in [0, 0.1) is 32.8 Å². The lowest BCUT2D eigenvalue weighted by Gasteiger charge is -2.37. The van der Waals surface area contributed by atoms with E-state index in [0.29, 0.717) is 12.0 Å². The van der Waals surface area contributed by atoms with Crippen LogP contribution >= 0.6 is 0 Å². The number of ether oxygens (including phenoxy) is 2. The highest BCUT2D eigenvalue weighted by atomic mass is 19.3. The van der Waals surface area contributed by atoms with Crippen LogP contribution in [0.4, 0.5) is 19.3 Å². The van der Waals surface area contributed by atoms with Crippen molar-refractivity contribution in [2.75, 3.05) is 20.2 Å². The van der Waals surface area contributed by atoms with Gasteiger partial charge in [-0.05, 0) is 58.9 Å².